The quantitative estimate of drug-likeness (QED) is 0.245. The maximum absolute atomic E-state index is 10.6. The molecule has 0 saturated heterocycles. The van der Waals surface area contributed by atoms with E-state index < -0.39 is 0 Å². The minimum Gasteiger partial charge on any atom is -0.501 e. The Hall–Kier alpha value is -1.36. The van der Waals surface area contributed by atoms with E-state index in [4.69, 9.17) is 15.0 Å². The Morgan fingerprint density at radius 3 is 2.68 bits per heavy atom. The van der Waals surface area contributed by atoms with Gasteiger partial charge in [0.1, 0.15) is 6.61 Å². The third-order valence-corrected chi connectivity index (χ3v) is 9.81. The van der Waals surface area contributed by atoms with Crippen LogP contribution in [0.5, 0.6) is 0 Å². The molecule has 0 heterocycles. The normalized spacial score (nSPS) is 43.7. The summed E-state index contributed by atoms with van der Waals surface area (Å²) in [6, 6.07) is 0. The average molecular weight is 431 g/mol. The Morgan fingerprint density at radius 1 is 1.13 bits per heavy atom. The minimum absolute atomic E-state index is 0.0818. The fraction of sp³-hybridized carbons (Fsp3) is 0.846. The first-order chi connectivity index (χ1) is 14.8. The van der Waals surface area contributed by atoms with Crippen molar-refractivity contribution in [3.8, 4) is 0 Å². The number of rotatable bonds is 6. The van der Waals surface area contributed by atoms with Crippen LogP contribution in [-0.2, 0) is 9.57 Å². The number of ether oxygens (including phenoxy) is 1. The van der Waals surface area contributed by atoms with Gasteiger partial charge in [0.15, 0.2) is 0 Å². The van der Waals surface area contributed by atoms with Gasteiger partial charge in [-0.2, -0.15) is 0 Å². The molecule has 4 rings (SSSR count). The molecule has 0 aliphatic heterocycles. The highest BCUT2D eigenvalue weighted by Gasteiger charge is 2.59. The highest BCUT2D eigenvalue weighted by atomic mass is 16.6. The van der Waals surface area contributed by atoms with Gasteiger partial charge in [-0.05, 0) is 105 Å². The van der Waals surface area contributed by atoms with Gasteiger partial charge in [0.2, 0.25) is 0 Å². The van der Waals surface area contributed by atoms with Crippen molar-refractivity contribution in [3.05, 3.63) is 11.8 Å². The average Bonchev–Trinajstić information content (AvgIpc) is 3.05. The third kappa shape index (κ3) is 4.19. The monoisotopic (exact) mass is 430 g/mol. The molecule has 7 atom stereocenters. The molecule has 0 amide bonds. The molecule has 31 heavy (non-hydrogen) atoms. The molecule has 4 saturated carbocycles. The number of hydrogen-bond donors (Lipinski definition) is 2. The second kappa shape index (κ2) is 8.88. The van der Waals surface area contributed by atoms with Crippen molar-refractivity contribution in [1.82, 2.24) is 0 Å². The first kappa shape index (κ1) is 22.8. The van der Waals surface area contributed by atoms with E-state index in [1.165, 1.54) is 44.2 Å². The zero-order valence-corrected chi connectivity index (χ0v) is 20.0. The van der Waals surface area contributed by atoms with E-state index in [2.05, 4.69) is 19.0 Å². The van der Waals surface area contributed by atoms with Crippen LogP contribution < -0.4 is 0 Å². The van der Waals surface area contributed by atoms with Crippen molar-refractivity contribution in [1.29, 1.82) is 5.41 Å². The molecule has 0 aromatic heterocycles. The molecule has 0 spiro atoms. The van der Waals surface area contributed by atoms with Crippen LogP contribution >= 0.6 is 0 Å². The maximum atomic E-state index is 10.6. The second-order valence-corrected chi connectivity index (χ2v) is 11.2. The van der Waals surface area contributed by atoms with E-state index in [1.807, 2.05) is 6.92 Å². The molecule has 0 bridgehead atoms. The Kier molecular flexibility index (Phi) is 6.54. The number of aliphatic hydroxyl groups is 1. The van der Waals surface area contributed by atoms with Gasteiger partial charge in [0.05, 0.1) is 24.7 Å². The van der Waals surface area contributed by atoms with E-state index in [9.17, 15) is 5.11 Å². The van der Waals surface area contributed by atoms with Crippen LogP contribution in [0.3, 0.4) is 0 Å². The summed E-state index contributed by atoms with van der Waals surface area (Å²) < 4.78 is 5.09. The van der Waals surface area contributed by atoms with Crippen LogP contribution in [0.4, 0.5) is 0 Å². The summed E-state index contributed by atoms with van der Waals surface area (Å²) in [5.74, 6) is 3.80. The van der Waals surface area contributed by atoms with E-state index in [0.717, 1.165) is 42.8 Å². The number of hydrogen-bond acceptors (Lipinski definition) is 5. The topological polar surface area (TPSA) is 74.9 Å². The number of nitrogens with one attached hydrogen (secondary N) is 1. The number of allylic oxidation sites excluding steroid dienone is 2. The maximum Gasteiger partial charge on any atom is 0.122 e. The predicted molar refractivity (Wildman–Crippen MR) is 124 cm³/mol. The summed E-state index contributed by atoms with van der Waals surface area (Å²) in [6.07, 6.45) is 12.9. The lowest BCUT2D eigenvalue weighted by molar-refractivity contribution is -0.112. The summed E-state index contributed by atoms with van der Waals surface area (Å²) in [5, 5.41) is 23.1. The van der Waals surface area contributed by atoms with Gasteiger partial charge in [0.25, 0.3) is 0 Å². The Balaban J connectivity index is 1.33. The van der Waals surface area contributed by atoms with Crippen LogP contribution in [0.25, 0.3) is 0 Å². The second-order valence-electron chi connectivity index (χ2n) is 11.2. The van der Waals surface area contributed by atoms with Gasteiger partial charge in [-0.3, -0.25) is 0 Å². The molecule has 174 valence electrons. The van der Waals surface area contributed by atoms with Gasteiger partial charge in [-0.1, -0.05) is 19.0 Å². The van der Waals surface area contributed by atoms with Crippen molar-refractivity contribution in [2.45, 2.75) is 91.1 Å². The van der Waals surface area contributed by atoms with E-state index in [-0.39, 0.29) is 11.5 Å². The SMILES string of the molecule is CO/C(C)=C\C(=N)CCO/N=C1/CC[C@@]2(C)C(CCC3C2CC[C@]2(C)C(O)CCC32)C1. The van der Waals surface area contributed by atoms with E-state index in [0.29, 0.717) is 30.1 Å². The zero-order valence-electron chi connectivity index (χ0n) is 20.0. The number of aliphatic hydroxyl groups excluding tert-OH is 1. The molecule has 2 N–H and O–H groups in total. The molecule has 0 radical (unpaired) electrons. The molecule has 4 aliphatic rings. The Bertz CT molecular complexity index is 747. The molecule has 0 aromatic rings. The third-order valence-electron chi connectivity index (χ3n) is 9.81. The van der Waals surface area contributed by atoms with Gasteiger partial charge in [-0.15, -0.1) is 0 Å². The molecular formula is C26H42N2O3. The lowest BCUT2D eigenvalue weighted by atomic mass is 9.45. The van der Waals surface area contributed by atoms with Crippen molar-refractivity contribution in [3.63, 3.8) is 0 Å². The number of nitrogens with zero attached hydrogens (tertiary/aromatic N) is 1. The lowest BCUT2D eigenvalue weighted by Gasteiger charge is -2.60. The van der Waals surface area contributed by atoms with Crippen LogP contribution in [0.15, 0.2) is 17.0 Å². The smallest absolute Gasteiger partial charge is 0.122 e. The first-order valence-electron chi connectivity index (χ1n) is 12.4. The zero-order chi connectivity index (χ0) is 22.2. The van der Waals surface area contributed by atoms with Crippen molar-refractivity contribution in [2.24, 2.45) is 39.7 Å². The molecule has 5 nitrogen and oxygen atoms in total. The number of oxime groups is 1. The fourth-order valence-corrected chi connectivity index (χ4v) is 7.78. The summed E-state index contributed by atoms with van der Waals surface area (Å²) in [7, 11) is 1.62. The minimum atomic E-state index is -0.0818. The molecular weight excluding hydrogens is 388 g/mol. The van der Waals surface area contributed by atoms with E-state index >= 15 is 0 Å². The summed E-state index contributed by atoms with van der Waals surface area (Å²) in [5.41, 5.74) is 2.31. The van der Waals surface area contributed by atoms with Crippen LogP contribution in [0.2, 0.25) is 0 Å². The van der Waals surface area contributed by atoms with Gasteiger partial charge in [-0.25, -0.2) is 0 Å². The van der Waals surface area contributed by atoms with Gasteiger partial charge >= 0.3 is 0 Å². The fourth-order valence-electron chi connectivity index (χ4n) is 7.78. The summed E-state index contributed by atoms with van der Waals surface area (Å²) in [4.78, 5) is 5.61. The first-order valence-corrected chi connectivity index (χ1v) is 12.4. The van der Waals surface area contributed by atoms with Gasteiger partial charge in [0, 0.05) is 12.1 Å². The molecule has 0 aromatic carbocycles. The number of fused-ring (bicyclic) bond motifs is 5. The summed E-state index contributed by atoms with van der Waals surface area (Å²) >= 11 is 0. The standard InChI is InChI=1S/C26H42N2O3/c1-17(30-4)15-19(27)11-14-31-28-20-9-12-25(2)18(16-20)5-6-21-22-7-8-24(29)26(22,3)13-10-23(21)25/h15,18,21-24,27,29H,5-14,16H2,1-4H3/b17-15-,27-19?,28-20-/t18?,21?,22?,23?,24?,25-,26-/m0/s1. The van der Waals surface area contributed by atoms with Crippen LogP contribution in [-0.4, -0.2) is 36.4 Å². The predicted octanol–water partition coefficient (Wildman–Crippen LogP) is 5.72. The lowest BCUT2D eigenvalue weighted by Crippen LogP contribution is -2.54. The van der Waals surface area contributed by atoms with E-state index in [1.54, 1.807) is 13.2 Å². The van der Waals surface area contributed by atoms with Gasteiger partial charge < -0.3 is 20.1 Å². The molecule has 4 aliphatic carbocycles. The molecule has 4 fully saturated rings. The highest BCUT2D eigenvalue weighted by molar-refractivity contribution is 5.92. The number of methoxy groups -OCH3 is 1. The highest BCUT2D eigenvalue weighted by Crippen LogP contribution is 2.65. The van der Waals surface area contributed by atoms with Crippen LogP contribution in [0, 0.1) is 39.9 Å². The molecule has 5 heteroatoms. The summed E-state index contributed by atoms with van der Waals surface area (Å²) in [6.45, 7) is 7.23. The largest absolute Gasteiger partial charge is 0.501 e. The van der Waals surface area contributed by atoms with Crippen molar-refractivity contribution >= 4 is 11.4 Å². The van der Waals surface area contributed by atoms with Crippen LogP contribution in [0.1, 0.15) is 85.0 Å². The molecule has 5 unspecified atom stereocenters. The Labute approximate surface area is 188 Å². The Morgan fingerprint density at radius 2 is 1.90 bits per heavy atom. The van der Waals surface area contributed by atoms with Crippen molar-refractivity contribution < 1.29 is 14.7 Å². The van der Waals surface area contributed by atoms with Crippen molar-refractivity contribution in [2.75, 3.05) is 13.7 Å².